The lowest BCUT2D eigenvalue weighted by Gasteiger charge is -2.29. The molecule has 0 aromatic carbocycles. The zero-order valence-electron chi connectivity index (χ0n) is 8.36. The van der Waals surface area contributed by atoms with Gasteiger partial charge in [-0.15, -0.1) is 0 Å². The van der Waals surface area contributed by atoms with E-state index in [2.05, 4.69) is 0 Å². The molecule has 1 rings (SSSR count). The van der Waals surface area contributed by atoms with Crippen molar-refractivity contribution >= 4 is 5.97 Å². The van der Waals surface area contributed by atoms with E-state index in [9.17, 15) is 4.79 Å². The Hall–Kier alpha value is -1.19. The van der Waals surface area contributed by atoms with E-state index >= 15 is 0 Å². The predicted molar refractivity (Wildman–Crippen MR) is 49.5 cm³/mol. The lowest BCUT2D eigenvalue weighted by Crippen LogP contribution is -2.41. The first kappa shape index (κ1) is 9.89. The molecule has 0 atom stereocenters. The molecule has 4 heteroatoms. The molecule has 0 aliphatic carbocycles. The summed E-state index contributed by atoms with van der Waals surface area (Å²) < 4.78 is 5.17. The normalized spacial score (nSPS) is 16.8. The highest BCUT2D eigenvalue weighted by Crippen LogP contribution is 2.15. The average Bonchev–Trinajstić information content (AvgIpc) is 2.46. The van der Waals surface area contributed by atoms with Gasteiger partial charge >= 0.3 is 5.97 Å². The van der Waals surface area contributed by atoms with E-state index in [-0.39, 0.29) is 12.3 Å². The summed E-state index contributed by atoms with van der Waals surface area (Å²) in [4.78, 5) is 14.8. The van der Waals surface area contributed by atoms with Crippen LogP contribution in [0.4, 0.5) is 0 Å². The molecule has 1 aliphatic rings. The minimum atomic E-state index is -0.245. The van der Waals surface area contributed by atoms with Gasteiger partial charge in [0.25, 0.3) is 6.35 Å². The molecule has 0 aromatic rings. The average molecular weight is 184 g/mol. The number of hydrogen-bond donors (Lipinski definition) is 0. The third kappa shape index (κ3) is 2.14. The van der Waals surface area contributed by atoms with Crippen molar-refractivity contribution in [2.75, 3.05) is 13.1 Å². The van der Waals surface area contributed by atoms with Gasteiger partial charge in [-0.3, -0.25) is 4.79 Å². The number of hydrogen-bond acceptors (Lipinski definition) is 4. The van der Waals surface area contributed by atoms with Crippen molar-refractivity contribution in [3.05, 3.63) is 12.4 Å². The molecule has 4 nitrogen and oxygen atoms in total. The highest BCUT2D eigenvalue weighted by atomic mass is 16.6. The zero-order chi connectivity index (χ0) is 9.84. The van der Waals surface area contributed by atoms with E-state index < -0.39 is 0 Å². The first-order valence-corrected chi connectivity index (χ1v) is 4.56. The van der Waals surface area contributed by atoms with Gasteiger partial charge in [0.15, 0.2) is 0 Å². The highest BCUT2D eigenvalue weighted by Gasteiger charge is 2.26. The molecular weight excluding hydrogens is 168 g/mol. The number of nitrogens with zero attached hydrogens (tertiary/aromatic N) is 2. The van der Waals surface area contributed by atoms with Gasteiger partial charge in [-0.1, -0.05) is 0 Å². The molecule has 0 N–H and O–H groups in total. The van der Waals surface area contributed by atoms with E-state index in [0.29, 0.717) is 0 Å². The molecule has 74 valence electrons. The summed E-state index contributed by atoms with van der Waals surface area (Å²) >= 11 is 0. The van der Waals surface area contributed by atoms with Gasteiger partial charge in [0.1, 0.15) is 0 Å². The summed E-state index contributed by atoms with van der Waals surface area (Å²) in [5.74, 6) is -0.245. The quantitative estimate of drug-likeness (QED) is 0.612. The largest absolute Gasteiger partial charge is 0.423 e. The van der Waals surface area contributed by atoms with Gasteiger partial charge in [-0.2, -0.15) is 0 Å². The van der Waals surface area contributed by atoms with Gasteiger partial charge in [-0.25, -0.2) is 0 Å². The minimum absolute atomic E-state index is 0.243. The number of ether oxygens (including phenoxy) is 1. The van der Waals surface area contributed by atoms with Crippen molar-refractivity contribution in [2.24, 2.45) is 0 Å². The molecule has 0 bridgehead atoms. The lowest BCUT2D eigenvalue weighted by atomic mass is 10.6. The Bertz CT molecular complexity index is 202. The topological polar surface area (TPSA) is 32.8 Å². The zero-order valence-corrected chi connectivity index (χ0v) is 8.36. The number of esters is 1. The number of carbonyl (C=O) groups excluding carboxylic acids is 1. The summed E-state index contributed by atoms with van der Waals surface area (Å²) in [6.45, 7) is 7.16. The van der Waals surface area contributed by atoms with E-state index in [1.807, 2.05) is 36.0 Å². The maximum atomic E-state index is 10.8. The van der Waals surface area contributed by atoms with Crippen LogP contribution >= 0.6 is 0 Å². The molecule has 0 radical (unpaired) electrons. The Morgan fingerprint density at radius 2 is 1.77 bits per heavy atom. The predicted octanol–water partition coefficient (Wildman–Crippen LogP) is 0.962. The molecule has 13 heavy (non-hydrogen) atoms. The van der Waals surface area contributed by atoms with Crippen LogP contribution in [0.2, 0.25) is 0 Å². The van der Waals surface area contributed by atoms with Crippen LogP contribution in [-0.2, 0) is 9.53 Å². The fourth-order valence-corrected chi connectivity index (χ4v) is 1.32. The molecular formula is C9H16N2O2. The van der Waals surface area contributed by atoms with Crippen molar-refractivity contribution in [1.82, 2.24) is 9.80 Å². The first-order chi connectivity index (χ1) is 6.19. The second-order valence-corrected chi connectivity index (χ2v) is 2.89. The second-order valence-electron chi connectivity index (χ2n) is 2.89. The van der Waals surface area contributed by atoms with E-state index in [4.69, 9.17) is 4.74 Å². The highest BCUT2D eigenvalue weighted by molar-refractivity contribution is 5.66. The monoisotopic (exact) mass is 184 g/mol. The SMILES string of the molecule is CCN1C=CN(CC)C1OC(C)=O. The Morgan fingerprint density at radius 3 is 2.08 bits per heavy atom. The van der Waals surface area contributed by atoms with Crippen molar-refractivity contribution in [3.63, 3.8) is 0 Å². The molecule has 0 amide bonds. The summed E-state index contributed by atoms with van der Waals surface area (Å²) in [6, 6.07) is 0. The standard InChI is InChI=1S/C9H16N2O2/c1-4-10-6-7-11(5-2)9(10)13-8(3)12/h6-7,9H,4-5H2,1-3H3. The van der Waals surface area contributed by atoms with Crippen LogP contribution in [-0.4, -0.2) is 35.2 Å². The van der Waals surface area contributed by atoms with Crippen molar-refractivity contribution in [3.8, 4) is 0 Å². The maximum absolute atomic E-state index is 10.8. The van der Waals surface area contributed by atoms with E-state index in [0.717, 1.165) is 13.1 Å². The Labute approximate surface area is 78.8 Å². The maximum Gasteiger partial charge on any atom is 0.305 e. The van der Waals surface area contributed by atoms with Gasteiger partial charge in [0.05, 0.1) is 0 Å². The van der Waals surface area contributed by atoms with Crippen LogP contribution in [0, 0.1) is 0 Å². The fourth-order valence-electron chi connectivity index (χ4n) is 1.32. The Kier molecular flexibility index (Phi) is 3.17. The van der Waals surface area contributed by atoms with Crippen LogP contribution in [0.5, 0.6) is 0 Å². The second kappa shape index (κ2) is 4.16. The fraction of sp³-hybridized carbons (Fsp3) is 0.667. The molecule has 1 heterocycles. The van der Waals surface area contributed by atoms with Crippen LogP contribution in [0.25, 0.3) is 0 Å². The molecule has 1 aliphatic heterocycles. The van der Waals surface area contributed by atoms with Crippen LogP contribution in [0.1, 0.15) is 20.8 Å². The van der Waals surface area contributed by atoms with E-state index in [1.165, 1.54) is 6.92 Å². The molecule has 0 fully saturated rings. The van der Waals surface area contributed by atoms with Crippen LogP contribution in [0.3, 0.4) is 0 Å². The summed E-state index contributed by atoms with van der Waals surface area (Å²) in [5.41, 5.74) is 0. The summed E-state index contributed by atoms with van der Waals surface area (Å²) in [6.07, 6.45) is 3.64. The number of carbonyl (C=O) groups is 1. The first-order valence-electron chi connectivity index (χ1n) is 4.56. The minimum Gasteiger partial charge on any atom is -0.423 e. The third-order valence-electron chi connectivity index (χ3n) is 2.02. The van der Waals surface area contributed by atoms with Crippen molar-refractivity contribution in [2.45, 2.75) is 27.1 Å². The van der Waals surface area contributed by atoms with Crippen LogP contribution < -0.4 is 0 Å². The number of rotatable bonds is 3. The molecule has 0 spiro atoms. The third-order valence-corrected chi connectivity index (χ3v) is 2.02. The smallest absolute Gasteiger partial charge is 0.305 e. The van der Waals surface area contributed by atoms with E-state index in [1.54, 1.807) is 0 Å². The van der Waals surface area contributed by atoms with Gasteiger partial charge < -0.3 is 14.5 Å². The Morgan fingerprint density at radius 1 is 1.31 bits per heavy atom. The summed E-state index contributed by atoms with van der Waals surface area (Å²) in [7, 11) is 0. The lowest BCUT2D eigenvalue weighted by molar-refractivity contribution is -0.165. The molecule has 0 unspecified atom stereocenters. The van der Waals surface area contributed by atoms with Gasteiger partial charge in [-0.05, 0) is 13.8 Å². The Balaban J connectivity index is 2.60. The molecule has 0 saturated heterocycles. The van der Waals surface area contributed by atoms with Crippen LogP contribution in [0.15, 0.2) is 12.4 Å². The van der Waals surface area contributed by atoms with Gasteiger partial charge in [0.2, 0.25) is 0 Å². The van der Waals surface area contributed by atoms with Crippen molar-refractivity contribution < 1.29 is 9.53 Å². The van der Waals surface area contributed by atoms with Crippen molar-refractivity contribution in [1.29, 1.82) is 0 Å². The molecule has 0 saturated carbocycles. The summed E-state index contributed by atoms with van der Waals surface area (Å²) in [5, 5.41) is 0. The molecule has 0 aromatic heterocycles. The van der Waals surface area contributed by atoms with Gasteiger partial charge in [0, 0.05) is 32.4 Å².